The Balaban J connectivity index is 2.67. The fourth-order valence-electron chi connectivity index (χ4n) is 1.14. The largest absolute Gasteiger partial charge is 0.249 e. The number of pyridine rings is 1. The summed E-state index contributed by atoms with van der Waals surface area (Å²) in [5.41, 5.74) is 0. The summed E-state index contributed by atoms with van der Waals surface area (Å²) < 4.78 is 24.7. The van der Waals surface area contributed by atoms with Crippen LogP contribution in [-0.4, -0.2) is 37.6 Å². The molecule has 0 unspecified atom stereocenters. The van der Waals surface area contributed by atoms with Crippen LogP contribution in [0.4, 0.5) is 0 Å². The highest BCUT2D eigenvalue weighted by Crippen LogP contribution is 2.19. The molecule has 0 aliphatic carbocycles. The van der Waals surface area contributed by atoms with Crippen molar-refractivity contribution in [2.75, 3.05) is 19.8 Å². The zero-order valence-corrected chi connectivity index (χ0v) is 12.0. The Morgan fingerprint density at radius 1 is 1.44 bits per heavy atom. The Labute approximate surface area is 112 Å². The Kier molecular flexibility index (Phi) is 5.59. The van der Waals surface area contributed by atoms with Crippen molar-refractivity contribution in [3.05, 3.63) is 18.3 Å². The normalized spacial score (nSPS) is 11.4. The topological polar surface area (TPSA) is 74.1 Å². The number of rotatable bonds is 6. The predicted molar refractivity (Wildman–Crippen MR) is 70.7 cm³/mol. The molecule has 18 heavy (non-hydrogen) atoms. The van der Waals surface area contributed by atoms with Gasteiger partial charge in [-0.1, -0.05) is 0 Å². The quantitative estimate of drug-likeness (QED) is 0.588. The van der Waals surface area contributed by atoms with Crippen molar-refractivity contribution in [2.45, 2.75) is 22.8 Å². The Morgan fingerprint density at radius 3 is 2.67 bits per heavy atom. The first-order valence-electron chi connectivity index (χ1n) is 5.37. The number of aromatic nitrogens is 1. The van der Waals surface area contributed by atoms with Crippen molar-refractivity contribution in [2.24, 2.45) is 0 Å². The van der Waals surface area contributed by atoms with Gasteiger partial charge in [-0.25, -0.2) is 17.7 Å². The fraction of sp³-hybridized carbons (Fsp3) is 0.455. The third-order valence-electron chi connectivity index (χ3n) is 2.17. The van der Waals surface area contributed by atoms with Crippen LogP contribution in [0.2, 0.25) is 0 Å². The van der Waals surface area contributed by atoms with Crippen LogP contribution in [0.1, 0.15) is 12.8 Å². The van der Waals surface area contributed by atoms with Crippen LogP contribution in [0, 0.1) is 11.3 Å². The van der Waals surface area contributed by atoms with E-state index >= 15 is 0 Å². The lowest BCUT2D eigenvalue weighted by Crippen LogP contribution is -2.22. The van der Waals surface area contributed by atoms with Gasteiger partial charge in [0.15, 0.2) is 0 Å². The maximum atomic E-state index is 11.8. The molecule has 0 saturated carbocycles. The monoisotopic (exact) mass is 285 g/mol. The van der Waals surface area contributed by atoms with Crippen molar-refractivity contribution in [3.8, 4) is 6.07 Å². The smallest absolute Gasteiger partial charge is 0.244 e. The molecule has 1 aromatic rings. The van der Waals surface area contributed by atoms with E-state index in [0.29, 0.717) is 6.42 Å². The summed E-state index contributed by atoms with van der Waals surface area (Å²) in [4.78, 5) is 4.29. The van der Waals surface area contributed by atoms with Gasteiger partial charge >= 0.3 is 0 Å². The van der Waals surface area contributed by atoms with Gasteiger partial charge in [0.05, 0.1) is 11.1 Å². The molecule has 0 aliphatic heterocycles. The van der Waals surface area contributed by atoms with Crippen molar-refractivity contribution in [1.29, 1.82) is 5.26 Å². The van der Waals surface area contributed by atoms with E-state index < -0.39 is 10.0 Å². The molecule has 0 atom stereocenters. The molecule has 5 nitrogen and oxygen atoms in total. The predicted octanol–water partition coefficient (Wildman–Crippen LogP) is 1.73. The first kappa shape index (κ1) is 15.0. The highest BCUT2D eigenvalue weighted by atomic mass is 32.2. The van der Waals surface area contributed by atoms with Crippen LogP contribution in [0.25, 0.3) is 0 Å². The minimum absolute atomic E-state index is 0.189. The number of sulfonamides is 1. The molecule has 1 aromatic heterocycles. The maximum Gasteiger partial charge on any atom is 0.244 e. The Bertz CT molecular complexity index is 518. The lowest BCUT2D eigenvalue weighted by Gasteiger charge is -2.10. The van der Waals surface area contributed by atoms with E-state index in [4.69, 9.17) is 5.26 Å². The molecule has 0 fully saturated rings. The van der Waals surface area contributed by atoms with E-state index in [0.717, 1.165) is 21.5 Å². The molecule has 0 N–H and O–H groups in total. The van der Waals surface area contributed by atoms with Crippen LogP contribution in [-0.2, 0) is 10.0 Å². The average molecular weight is 285 g/mol. The summed E-state index contributed by atoms with van der Waals surface area (Å²) in [6, 6.07) is 5.32. The Morgan fingerprint density at radius 2 is 2.17 bits per heavy atom. The summed E-state index contributed by atoms with van der Waals surface area (Å²) in [5, 5.41) is 9.16. The summed E-state index contributed by atoms with van der Waals surface area (Å²) in [6.45, 7) is 0. The summed E-state index contributed by atoms with van der Waals surface area (Å²) in [5.74, 6) is 0.806. The zero-order valence-electron chi connectivity index (χ0n) is 10.3. The van der Waals surface area contributed by atoms with Gasteiger partial charge in [0.25, 0.3) is 0 Å². The van der Waals surface area contributed by atoms with Crippen LogP contribution in [0.3, 0.4) is 0 Å². The molecular weight excluding hydrogens is 270 g/mol. The summed E-state index contributed by atoms with van der Waals surface area (Å²) in [7, 11) is -0.432. The highest BCUT2D eigenvalue weighted by molar-refractivity contribution is 7.99. The van der Waals surface area contributed by atoms with Gasteiger partial charge in [-0.05, 0) is 18.6 Å². The fourth-order valence-corrected chi connectivity index (χ4v) is 2.78. The molecule has 0 saturated heterocycles. The van der Waals surface area contributed by atoms with Gasteiger partial charge in [-0.3, -0.25) is 0 Å². The minimum Gasteiger partial charge on any atom is -0.249 e. The standard InChI is InChI=1S/C11H15N3O2S2/c1-14(2)18(15,16)10-5-6-11(13-9-10)17-8-4-3-7-12/h5-6,9H,3-4,8H2,1-2H3. The van der Waals surface area contributed by atoms with Gasteiger partial charge in [0.1, 0.15) is 4.90 Å². The number of hydrogen-bond acceptors (Lipinski definition) is 5. The van der Waals surface area contributed by atoms with E-state index in [1.54, 1.807) is 12.1 Å². The van der Waals surface area contributed by atoms with Gasteiger partial charge in [-0.15, -0.1) is 11.8 Å². The first-order valence-corrected chi connectivity index (χ1v) is 7.79. The van der Waals surface area contributed by atoms with Gasteiger partial charge in [0.2, 0.25) is 10.0 Å². The molecule has 0 spiro atoms. The van der Waals surface area contributed by atoms with Gasteiger partial charge < -0.3 is 0 Å². The number of nitriles is 1. The van der Waals surface area contributed by atoms with Crippen molar-refractivity contribution in [1.82, 2.24) is 9.29 Å². The molecule has 7 heteroatoms. The maximum absolute atomic E-state index is 11.8. The zero-order chi connectivity index (χ0) is 13.6. The van der Waals surface area contributed by atoms with Crippen LogP contribution in [0.5, 0.6) is 0 Å². The van der Waals surface area contributed by atoms with Gasteiger partial charge in [-0.2, -0.15) is 5.26 Å². The lowest BCUT2D eigenvalue weighted by molar-refractivity contribution is 0.520. The molecule has 0 aliphatic rings. The number of hydrogen-bond donors (Lipinski definition) is 0. The highest BCUT2D eigenvalue weighted by Gasteiger charge is 2.17. The van der Waals surface area contributed by atoms with E-state index in [1.165, 1.54) is 32.1 Å². The van der Waals surface area contributed by atoms with Gasteiger partial charge in [0, 0.05) is 32.5 Å². The summed E-state index contributed by atoms with van der Waals surface area (Å²) >= 11 is 1.52. The SMILES string of the molecule is CN(C)S(=O)(=O)c1ccc(SCCCC#N)nc1. The van der Waals surface area contributed by atoms with Crippen LogP contribution < -0.4 is 0 Å². The molecule has 98 valence electrons. The summed E-state index contributed by atoms with van der Waals surface area (Å²) in [6.07, 6.45) is 2.70. The van der Waals surface area contributed by atoms with Crippen LogP contribution >= 0.6 is 11.8 Å². The van der Waals surface area contributed by atoms with E-state index in [-0.39, 0.29) is 4.90 Å². The van der Waals surface area contributed by atoms with E-state index in [2.05, 4.69) is 11.1 Å². The Hall–Kier alpha value is -1.10. The second-order valence-corrected chi connectivity index (χ2v) is 7.00. The van der Waals surface area contributed by atoms with Crippen LogP contribution in [0.15, 0.2) is 28.3 Å². The van der Waals surface area contributed by atoms with Crippen molar-refractivity contribution < 1.29 is 8.42 Å². The molecule has 0 amide bonds. The van der Waals surface area contributed by atoms with Crippen molar-refractivity contribution in [3.63, 3.8) is 0 Å². The van der Waals surface area contributed by atoms with E-state index in [1.807, 2.05) is 0 Å². The number of thioether (sulfide) groups is 1. The number of nitrogens with zero attached hydrogens (tertiary/aromatic N) is 3. The molecule has 1 rings (SSSR count). The molecule has 1 heterocycles. The van der Waals surface area contributed by atoms with Crippen molar-refractivity contribution >= 4 is 21.8 Å². The molecular formula is C11H15N3O2S2. The average Bonchev–Trinajstić information content (AvgIpc) is 2.35. The second-order valence-electron chi connectivity index (χ2n) is 3.73. The lowest BCUT2D eigenvalue weighted by atomic mass is 10.4. The third-order valence-corrected chi connectivity index (χ3v) is 5.00. The molecule has 0 radical (unpaired) electrons. The second kappa shape index (κ2) is 6.73. The molecule has 0 bridgehead atoms. The third kappa shape index (κ3) is 3.98. The first-order chi connectivity index (χ1) is 8.48. The minimum atomic E-state index is -3.40. The van der Waals surface area contributed by atoms with E-state index in [9.17, 15) is 8.42 Å². The molecule has 0 aromatic carbocycles. The number of unbranched alkanes of at least 4 members (excludes halogenated alkanes) is 1.